The van der Waals surface area contributed by atoms with Crippen molar-refractivity contribution in [1.82, 2.24) is 24.6 Å². The zero-order valence-corrected chi connectivity index (χ0v) is 17.6. The average Bonchev–Trinajstić information content (AvgIpc) is 3.42. The Labute approximate surface area is 178 Å². The second kappa shape index (κ2) is 9.17. The molecular weight excluding hydrogens is 402 g/mol. The fourth-order valence-electron chi connectivity index (χ4n) is 3.67. The average molecular weight is 426 g/mol. The van der Waals surface area contributed by atoms with E-state index in [1.807, 2.05) is 16.9 Å². The number of aromatic nitrogens is 4. The van der Waals surface area contributed by atoms with Gasteiger partial charge in [-0.3, -0.25) is 19.4 Å². The Bertz CT molecular complexity index is 1020. The Balaban J connectivity index is 1.54. The highest BCUT2D eigenvalue weighted by Gasteiger charge is 2.31. The van der Waals surface area contributed by atoms with Gasteiger partial charge in [-0.1, -0.05) is 6.07 Å². The number of rotatable bonds is 7. The first kappa shape index (κ1) is 20.2. The lowest BCUT2D eigenvalue weighted by atomic mass is 10.0. The smallest absolute Gasteiger partial charge is 0.359 e. The fraction of sp³-hybridized carbons (Fsp3) is 0.381. The molecule has 0 unspecified atom stereocenters. The number of esters is 1. The van der Waals surface area contributed by atoms with E-state index in [1.54, 1.807) is 29.7 Å². The molecule has 8 nitrogen and oxygen atoms in total. The molecule has 0 bridgehead atoms. The van der Waals surface area contributed by atoms with Crippen LogP contribution in [0.2, 0.25) is 0 Å². The van der Waals surface area contributed by atoms with Gasteiger partial charge in [0.2, 0.25) is 0 Å². The van der Waals surface area contributed by atoms with Crippen LogP contribution in [-0.4, -0.2) is 49.7 Å². The number of hydrogen-bond donors (Lipinski definition) is 0. The summed E-state index contributed by atoms with van der Waals surface area (Å²) < 4.78 is 7.12. The Kier molecular flexibility index (Phi) is 6.18. The van der Waals surface area contributed by atoms with Gasteiger partial charge in [-0.15, -0.1) is 11.3 Å². The van der Waals surface area contributed by atoms with Crippen LogP contribution < -0.4 is 0 Å². The SMILES string of the molecule is CCOC(=O)c1nn(CCCc2cccnc2)c2c1CN(C(=O)c1cncs1)CC2. The number of aryl methyl sites for hydroxylation is 2. The number of pyridine rings is 1. The Morgan fingerprint density at radius 3 is 2.90 bits per heavy atom. The fourth-order valence-corrected chi connectivity index (χ4v) is 4.26. The molecule has 0 saturated heterocycles. The first-order valence-electron chi connectivity index (χ1n) is 9.99. The van der Waals surface area contributed by atoms with Crippen LogP contribution >= 0.6 is 11.3 Å². The van der Waals surface area contributed by atoms with Crippen molar-refractivity contribution in [2.45, 2.75) is 39.3 Å². The molecule has 9 heteroatoms. The lowest BCUT2D eigenvalue weighted by molar-refractivity contribution is 0.0513. The Morgan fingerprint density at radius 2 is 2.17 bits per heavy atom. The van der Waals surface area contributed by atoms with E-state index in [0.29, 0.717) is 36.6 Å². The molecule has 0 N–H and O–H groups in total. The summed E-state index contributed by atoms with van der Waals surface area (Å²) in [5.74, 6) is -0.505. The molecule has 30 heavy (non-hydrogen) atoms. The highest BCUT2D eigenvalue weighted by atomic mass is 32.1. The molecule has 0 aliphatic carbocycles. The summed E-state index contributed by atoms with van der Waals surface area (Å²) in [5, 5.41) is 4.58. The van der Waals surface area contributed by atoms with Crippen molar-refractivity contribution >= 4 is 23.2 Å². The van der Waals surface area contributed by atoms with Gasteiger partial charge in [0.1, 0.15) is 4.88 Å². The number of nitrogens with zero attached hydrogens (tertiary/aromatic N) is 5. The minimum Gasteiger partial charge on any atom is -0.461 e. The number of thiazole rings is 1. The van der Waals surface area contributed by atoms with Crippen LogP contribution in [0.3, 0.4) is 0 Å². The van der Waals surface area contributed by atoms with Crippen LogP contribution in [0.4, 0.5) is 0 Å². The van der Waals surface area contributed by atoms with Crippen LogP contribution in [0, 0.1) is 0 Å². The molecule has 1 aliphatic rings. The van der Waals surface area contributed by atoms with Gasteiger partial charge in [0, 0.05) is 43.2 Å². The normalized spacial score (nSPS) is 13.2. The molecule has 4 rings (SSSR count). The monoisotopic (exact) mass is 425 g/mol. The first-order valence-corrected chi connectivity index (χ1v) is 10.9. The number of carbonyl (C=O) groups excluding carboxylic acids is 2. The van der Waals surface area contributed by atoms with Crippen molar-refractivity contribution in [2.75, 3.05) is 13.2 Å². The molecule has 0 fully saturated rings. The molecule has 0 spiro atoms. The van der Waals surface area contributed by atoms with Crippen molar-refractivity contribution in [3.8, 4) is 0 Å². The van der Waals surface area contributed by atoms with E-state index in [2.05, 4.69) is 21.1 Å². The molecule has 1 aliphatic heterocycles. The zero-order valence-electron chi connectivity index (χ0n) is 16.8. The van der Waals surface area contributed by atoms with Crippen molar-refractivity contribution in [2.24, 2.45) is 0 Å². The van der Waals surface area contributed by atoms with Gasteiger partial charge in [0.05, 0.1) is 24.9 Å². The molecule has 156 valence electrons. The van der Waals surface area contributed by atoms with Crippen LogP contribution in [0.15, 0.2) is 36.2 Å². The Morgan fingerprint density at radius 1 is 1.27 bits per heavy atom. The van der Waals surface area contributed by atoms with E-state index < -0.39 is 5.97 Å². The minimum absolute atomic E-state index is 0.0673. The predicted octanol–water partition coefficient (Wildman–Crippen LogP) is 2.74. The molecule has 0 aromatic carbocycles. The topological polar surface area (TPSA) is 90.2 Å². The molecule has 0 saturated carbocycles. The molecule has 0 atom stereocenters. The van der Waals surface area contributed by atoms with Crippen LogP contribution in [-0.2, 0) is 30.7 Å². The van der Waals surface area contributed by atoms with Gasteiger partial charge < -0.3 is 9.64 Å². The molecule has 3 aromatic rings. The number of ether oxygens (including phenoxy) is 1. The number of carbonyl (C=O) groups is 2. The standard InChI is InChI=1S/C21H23N5O3S/c1-2-29-21(28)19-16-13-25(20(27)18-12-23-14-30-18)10-7-17(16)26(24-19)9-4-6-15-5-3-8-22-11-15/h3,5,8,11-12,14H,2,4,6-7,9-10,13H2,1H3. The van der Waals surface area contributed by atoms with Crippen molar-refractivity contribution in [3.05, 3.63) is 63.6 Å². The van der Waals surface area contributed by atoms with E-state index in [9.17, 15) is 9.59 Å². The highest BCUT2D eigenvalue weighted by Crippen LogP contribution is 2.25. The van der Waals surface area contributed by atoms with Gasteiger partial charge in [-0.2, -0.15) is 5.10 Å². The predicted molar refractivity (Wildman–Crippen MR) is 111 cm³/mol. The maximum Gasteiger partial charge on any atom is 0.359 e. The quantitative estimate of drug-likeness (QED) is 0.541. The largest absolute Gasteiger partial charge is 0.461 e. The summed E-state index contributed by atoms with van der Waals surface area (Å²) in [7, 11) is 0. The van der Waals surface area contributed by atoms with Crippen molar-refractivity contribution in [3.63, 3.8) is 0 Å². The number of hydrogen-bond acceptors (Lipinski definition) is 7. The third kappa shape index (κ3) is 4.25. The second-order valence-electron chi connectivity index (χ2n) is 7.02. The minimum atomic E-state index is -0.438. The third-order valence-corrected chi connectivity index (χ3v) is 5.85. The van der Waals surface area contributed by atoms with Crippen molar-refractivity contribution < 1.29 is 14.3 Å². The lowest BCUT2D eigenvalue weighted by Crippen LogP contribution is -2.36. The van der Waals surface area contributed by atoms with Gasteiger partial charge in [-0.05, 0) is 31.4 Å². The Hall–Kier alpha value is -3.07. The summed E-state index contributed by atoms with van der Waals surface area (Å²) in [5.41, 5.74) is 4.93. The highest BCUT2D eigenvalue weighted by molar-refractivity contribution is 7.11. The maximum absolute atomic E-state index is 12.8. The summed E-state index contributed by atoms with van der Waals surface area (Å²) in [6.07, 6.45) is 7.62. The maximum atomic E-state index is 12.8. The molecule has 0 radical (unpaired) electrons. The molecule has 3 aromatic heterocycles. The van der Waals surface area contributed by atoms with Gasteiger partial charge in [0.15, 0.2) is 5.69 Å². The molecule has 4 heterocycles. The van der Waals surface area contributed by atoms with Crippen LogP contribution in [0.25, 0.3) is 0 Å². The first-order chi connectivity index (χ1) is 14.7. The summed E-state index contributed by atoms with van der Waals surface area (Å²) >= 11 is 1.32. The third-order valence-electron chi connectivity index (χ3n) is 5.09. The van der Waals surface area contributed by atoms with E-state index in [4.69, 9.17) is 4.74 Å². The zero-order chi connectivity index (χ0) is 20.9. The van der Waals surface area contributed by atoms with E-state index in [-0.39, 0.29) is 12.5 Å². The van der Waals surface area contributed by atoms with Crippen LogP contribution in [0.1, 0.15) is 50.3 Å². The summed E-state index contributed by atoms with van der Waals surface area (Å²) in [4.78, 5) is 35.8. The van der Waals surface area contributed by atoms with Crippen molar-refractivity contribution in [1.29, 1.82) is 0 Å². The van der Waals surface area contributed by atoms with E-state index in [1.165, 1.54) is 16.9 Å². The molecular formula is C21H23N5O3S. The van der Waals surface area contributed by atoms with Gasteiger partial charge >= 0.3 is 5.97 Å². The number of fused-ring (bicyclic) bond motifs is 1. The van der Waals surface area contributed by atoms with Gasteiger partial charge in [0.25, 0.3) is 5.91 Å². The summed E-state index contributed by atoms with van der Waals surface area (Å²) in [6.45, 7) is 3.68. The second-order valence-corrected chi connectivity index (χ2v) is 7.91. The van der Waals surface area contributed by atoms with Crippen LogP contribution in [0.5, 0.6) is 0 Å². The number of amides is 1. The van der Waals surface area contributed by atoms with E-state index >= 15 is 0 Å². The van der Waals surface area contributed by atoms with Gasteiger partial charge in [-0.25, -0.2) is 4.79 Å². The lowest BCUT2D eigenvalue weighted by Gasteiger charge is -2.27. The van der Waals surface area contributed by atoms with E-state index in [0.717, 1.165) is 24.1 Å². The molecule has 1 amide bonds. The summed E-state index contributed by atoms with van der Waals surface area (Å²) in [6, 6.07) is 3.98.